The van der Waals surface area contributed by atoms with E-state index in [0.29, 0.717) is 12.1 Å². The molecule has 0 aliphatic carbocycles. The zero-order valence-corrected chi connectivity index (χ0v) is 13.4. The number of urea groups is 1. The third-order valence-corrected chi connectivity index (χ3v) is 3.85. The summed E-state index contributed by atoms with van der Waals surface area (Å²) >= 11 is 3.34. The summed E-state index contributed by atoms with van der Waals surface area (Å²) in [5.74, 6) is -0.795. The lowest BCUT2D eigenvalue weighted by Gasteiger charge is -2.22. The van der Waals surface area contributed by atoms with Crippen LogP contribution in [0.15, 0.2) is 28.7 Å². The average molecular weight is 354 g/mol. The molecule has 0 aromatic heterocycles. The number of carbonyl (C=O) groups excluding carboxylic acids is 3. The van der Waals surface area contributed by atoms with Gasteiger partial charge in [0.15, 0.2) is 0 Å². The van der Waals surface area contributed by atoms with Crippen LogP contribution >= 0.6 is 15.9 Å². The quantitative estimate of drug-likeness (QED) is 0.802. The number of hydrogen-bond donors (Lipinski definition) is 2. The van der Waals surface area contributed by atoms with Crippen molar-refractivity contribution in [1.82, 2.24) is 15.5 Å². The Balaban J connectivity index is 2.26. The molecule has 0 spiro atoms. The Labute approximate surface area is 131 Å². The van der Waals surface area contributed by atoms with Gasteiger partial charge in [0.2, 0.25) is 5.91 Å². The lowest BCUT2D eigenvalue weighted by atomic mass is 9.92. The molecule has 0 radical (unpaired) electrons. The predicted octanol–water partition coefficient (Wildman–Crippen LogP) is 1.35. The van der Waals surface area contributed by atoms with Gasteiger partial charge in [-0.1, -0.05) is 28.1 Å². The molecule has 1 aromatic rings. The summed E-state index contributed by atoms with van der Waals surface area (Å²) in [5, 5.41) is 5.23. The summed E-state index contributed by atoms with van der Waals surface area (Å²) in [6.45, 7) is 3.58. The van der Waals surface area contributed by atoms with Crippen LogP contribution in [-0.4, -0.2) is 35.8 Å². The maximum absolute atomic E-state index is 12.5. The van der Waals surface area contributed by atoms with Crippen molar-refractivity contribution in [2.75, 3.05) is 13.1 Å². The molecule has 1 fully saturated rings. The monoisotopic (exact) mass is 353 g/mol. The van der Waals surface area contributed by atoms with Gasteiger partial charge in [0.1, 0.15) is 12.1 Å². The number of amides is 4. The largest absolute Gasteiger partial charge is 0.355 e. The van der Waals surface area contributed by atoms with Gasteiger partial charge in [-0.25, -0.2) is 4.79 Å². The van der Waals surface area contributed by atoms with E-state index in [4.69, 9.17) is 0 Å². The number of rotatable bonds is 4. The molecule has 1 aliphatic heterocycles. The van der Waals surface area contributed by atoms with Gasteiger partial charge in [-0.15, -0.1) is 0 Å². The first-order chi connectivity index (χ1) is 9.88. The molecule has 6 nitrogen and oxygen atoms in total. The third-order valence-electron chi connectivity index (χ3n) is 3.35. The molecular weight excluding hydrogens is 338 g/mol. The van der Waals surface area contributed by atoms with E-state index >= 15 is 0 Å². The van der Waals surface area contributed by atoms with Crippen LogP contribution in [0.3, 0.4) is 0 Å². The van der Waals surface area contributed by atoms with Crippen molar-refractivity contribution in [3.8, 4) is 0 Å². The van der Waals surface area contributed by atoms with Crippen molar-refractivity contribution in [2.24, 2.45) is 0 Å². The molecule has 1 aromatic carbocycles. The Morgan fingerprint density at radius 2 is 2.14 bits per heavy atom. The fourth-order valence-electron chi connectivity index (χ4n) is 2.23. The summed E-state index contributed by atoms with van der Waals surface area (Å²) in [6.07, 6.45) is 0. The molecule has 1 saturated heterocycles. The van der Waals surface area contributed by atoms with Crippen LogP contribution in [0, 0.1) is 0 Å². The van der Waals surface area contributed by atoms with Crippen LogP contribution in [0.25, 0.3) is 0 Å². The second kappa shape index (κ2) is 5.85. The van der Waals surface area contributed by atoms with Crippen LogP contribution in [0.5, 0.6) is 0 Å². The fourth-order valence-corrected chi connectivity index (χ4v) is 2.63. The maximum atomic E-state index is 12.5. The zero-order valence-electron chi connectivity index (χ0n) is 11.8. The van der Waals surface area contributed by atoms with Gasteiger partial charge in [0, 0.05) is 11.0 Å². The first-order valence-corrected chi connectivity index (χ1v) is 7.34. The topological polar surface area (TPSA) is 78.5 Å². The molecule has 1 heterocycles. The van der Waals surface area contributed by atoms with E-state index in [0.717, 1.165) is 9.37 Å². The van der Waals surface area contributed by atoms with E-state index in [2.05, 4.69) is 26.6 Å². The first kappa shape index (κ1) is 15.5. The molecule has 0 bridgehead atoms. The van der Waals surface area contributed by atoms with Gasteiger partial charge in [-0.3, -0.25) is 14.5 Å². The van der Waals surface area contributed by atoms with Crippen LogP contribution in [0.2, 0.25) is 0 Å². The van der Waals surface area contributed by atoms with Crippen molar-refractivity contribution < 1.29 is 14.4 Å². The molecule has 112 valence electrons. The smallest absolute Gasteiger partial charge is 0.325 e. The maximum Gasteiger partial charge on any atom is 0.325 e. The number of hydrogen-bond acceptors (Lipinski definition) is 3. The molecule has 7 heteroatoms. The number of imide groups is 1. The molecule has 4 amide bonds. The van der Waals surface area contributed by atoms with Crippen molar-refractivity contribution in [3.63, 3.8) is 0 Å². The van der Waals surface area contributed by atoms with Crippen molar-refractivity contribution in [3.05, 3.63) is 34.3 Å². The van der Waals surface area contributed by atoms with Gasteiger partial charge in [0.05, 0.1) is 0 Å². The van der Waals surface area contributed by atoms with Gasteiger partial charge in [0.25, 0.3) is 5.91 Å². The van der Waals surface area contributed by atoms with E-state index in [9.17, 15) is 14.4 Å². The minimum Gasteiger partial charge on any atom is -0.355 e. The zero-order chi connectivity index (χ0) is 15.6. The highest BCUT2D eigenvalue weighted by Gasteiger charge is 2.49. The lowest BCUT2D eigenvalue weighted by molar-refractivity contribution is -0.134. The van der Waals surface area contributed by atoms with Gasteiger partial charge >= 0.3 is 6.03 Å². The Morgan fingerprint density at radius 1 is 1.43 bits per heavy atom. The molecule has 2 rings (SSSR count). The molecule has 0 saturated carbocycles. The van der Waals surface area contributed by atoms with Crippen molar-refractivity contribution >= 4 is 33.8 Å². The summed E-state index contributed by atoms with van der Waals surface area (Å²) in [7, 11) is 0. The predicted molar refractivity (Wildman–Crippen MR) is 80.4 cm³/mol. The standard InChI is InChI=1S/C14H16BrN3O3/c1-3-16-11(19)8-18-12(20)14(2,17-13(18)21)9-5-4-6-10(15)7-9/h4-7H,3,8H2,1-2H3,(H,16,19)(H,17,21)/t14-/m0/s1. The number of halogens is 1. The molecule has 1 atom stereocenters. The summed E-state index contributed by atoms with van der Waals surface area (Å²) in [5.41, 5.74) is -0.499. The fraction of sp³-hybridized carbons (Fsp3) is 0.357. The number of nitrogens with zero attached hydrogens (tertiary/aromatic N) is 1. The van der Waals surface area contributed by atoms with Gasteiger partial charge < -0.3 is 10.6 Å². The van der Waals surface area contributed by atoms with Gasteiger partial charge in [-0.2, -0.15) is 0 Å². The number of likely N-dealkylation sites (N-methyl/N-ethyl adjacent to an activating group) is 1. The van der Waals surface area contributed by atoms with Crippen LogP contribution in [0.1, 0.15) is 19.4 Å². The minimum absolute atomic E-state index is 0.276. The van der Waals surface area contributed by atoms with Crippen molar-refractivity contribution in [1.29, 1.82) is 0 Å². The van der Waals surface area contributed by atoms with Crippen LogP contribution < -0.4 is 10.6 Å². The molecule has 1 aliphatic rings. The molecule has 2 N–H and O–H groups in total. The van der Waals surface area contributed by atoms with Crippen molar-refractivity contribution in [2.45, 2.75) is 19.4 Å². The SMILES string of the molecule is CCNC(=O)CN1C(=O)N[C@@](C)(c2cccc(Br)c2)C1=O. The Hall–Kier alpha value is -1.89. The molecule has 0 unspecified atom stereocenters. The highest BCUT2D eigenvalue weighted by atomic mass is 79.9. The highest BCUT2D eigenvalue weighted by Crippen LogP contribution is 2.30. The molecular formula is C14H16BrN3O3. The Bertz CT molecular complexity index is 605. The van der Waals surface area contributed by atoms with E-state index in [1.165, 1.54) is 0 Å². The number of benzene rings is 1. The summed E-state index contributed by atoms with van der Waals surface area (Å²) in [4.78, 5) is 37.1. The minimum atomic E-state index is -1.16. The van der Waals surface area contributed by atoms with E-state index in [-0.39, 0.29) is 12.5 Å². The summed E-state index contributed by atoms with van der Waals surface area (Å²) < 4.78 is 0.811. The average Bonchev–Trinajstić information content (AvgIpc) is 2.64. The molecule has 21 heavy (non-hydrogen) atoms. The number of carbonyl (C=O) groups is 3. The number of nitrogens with one attached hydrogen (secondary N) is 2. The Kier molecular flexibility index (Phi) is 4.32. The lowest BCUT2D eigenvalue weighted by Crippen LogP contribution is -2.43. The normalized spacial score (nSPS) is 21.4. The van der Waals surface area contributed by atoms with E-state index in [1.807, 2.05) is 6.07 Å². The first-order valence-electron chi connectivity index (χ1n) is 6.55. The van der Waals surface area contributed by atoms with E-state index in [1.54, 1.807) is 32.0 Å². The third kappa shape index (κ3) is 2.92. The van der Waals surface area contributed by atoms with E-state index < -0.39 is 17.5 Å². The van der Waals surface area contributed by atoms with Gasteiger partial charge in [-0.05, 0) is 31.5 Å². The van der Waals surface area contributed by atoms with Crippen LogP contribution in [-0.2, 0) is 15.1 Å². The second-order valence-corrected chi connectivity index (χ2v) is 5.83. The van der Waals surface area contributed by atoms with Crippen LogP contribution in [0.4, 0.5) is 4.79 Å². The Morgan fingerprint density at radius 3 is 2.76 bits per heavy atom. The second-order valence-electron chi connectivity index (χ2n) is 4.91. The summed E-state index contributed by atoms with van der Waals surface area (Å²) in [6, 6.07) is 6.59. The highest BCUT2D eigenvalue weighted by molar-refractivity contribution is 9.10.